The summed E-state index contributed by atoms with van der Waals surface area (Å²) in [6.45, 7) is 6.68. The van der Waals surface area contributed by atoms with Crippen LogP contribution in [0.2, 0.25) is 0 Å². The van der Waals surface area contributed by atoms with Gasteiger partial charge < -0.3 is 15.3 Å². The van der Waals surface area contributed by atoms with Gasteiger partial charge in [0, 0.05) is 19.6 Å². The van der Waals surface area contributed by atoms with Crippen LogP contribution in [0, 0.1) is 0 Å². The van der Waals surface area contributed by atoms with Crippen LogP contribution < -0.4 is 0 Å². The van der Waals surface area contributed by atoms with Crippen LogP contribution in [0.5, 0.6) is 0 Å². The quantitative estimate of drug-likeness (QED) is 0.508. The Kier molecular flexibility index (Phi) is 9.54. The number of aliphatic hydroxyl groups is 3. The Balaban J connectivity index is 2.10. The summed E-state index contributed by atoms with van der Waals surface area (Å²) < 4.78 is 0. The summed E-state index contributed by atoms with van der Waals surface area (Å²) in [5.41, 5.74) is 2.18. The molecule has 0 aliphatic rings. The van der Waals surface area contributed by atoms with Crippen molar-refractivity contribution in [3.63, 3.8) is 0 Å². The molecule has 0 heterocycles. The van der Waals surface area contributed by atoms with Gasteiger partial charge >= 0.3 is 0 Å². The largest absolute Gasteiger partial charge is 0.387 e. The maximum absolute atomic E-state index is 10.6. The van der Waals surface area contributed by atoms with Gasteiger partial charge in [-0.05, 0) is 23.6 Å². The van der Waals surface area contributed by atoms with Crippen LogP contribution in [0.25, 0.3) is 0 Å². The topological polar surface area (TPSA) is 63.9 Å². The Morgan fingerprint density at radius 1 is 0.828 bits per heavy atom. The standard InChI is InChI=1S/C25H31NO3/c1-3-4-7-12-20(2)23(27)17-26(18-24(28)21-13-8-5-9-14-21)19-25(29)22-15-10-6-11-16-22/h3-16,23-25,27-29H,2,17-19H2,1H3/b4-3-,12-7-/t23-,24-,25+/m0/s1. The Hall–Kier alpha value is -2.50. The maximum Gasteiger partial charge on any atom is 0.0916 e. The number of benzene rings is 2. The van der Waals surface area contributed by atoms with Gasteiger partial charge in [-0.1, -0.05) is 91.5 Å². The van der Waals surface area contributed by atoms with E-state index in [9.17, 15) is 15.3 Å². The van der Waals surface area contributed by atoms with Gasteiger partial charge in [-0.3, -0.25) is 4.90 Å². The number of aliphatic hydroxyl groups excluding tert-OH is 3. The summed E-state index contributed by atoms with van der Waals surface area (Å²) in [5, 5.41) is 31.9. The highest BCUT2D eigenvalue weighted by Crippen LogP contribution is 2.19. The van der Waals surface area contributed by atoms with E-state index >= 15 is 0 Å². The fourth-order valence-electron chi connectivity index (χ4n) is 3.04. The van der Waals surface area contributed by atoms with Crippen molar-refractivity contribution in [1.29, 1.82) is 0 Å². The SMILES string of the molecule is C=C(/C=C\C=C/C)[C@@H](O)CN(C[C@@H](O)c1ccccc1)C[C@H](O)c1ccccc1. The minimum absolute atomic E-state index is 0.257. The summed E-state index contributed by atoms with van der Waals surface area (Å²) >= 11 is 0. The molecule has 0 spiro atoms. The van der Waals surface area contributed by atoms with Crippen LogP contribution in [0.1, 0.15) is 30.3 Å². The Bertz CT molecular complexity index is 739. The molecule has 3 N–H and O–H groups in total. The first-order valence-electron chi connectivity index (χ1n) is 9.85. The van der Waals surface area contributed by atoms with Crippen molar-refractivity contribution in [3.8, 4) is 0 Å². The van der Waals surface area contributed by atoms with Crippen molar-refractivity contribution < 1.29 is 15.3 Å². The van der Waals surface area contributed by atoms with E-state index in [0.717, 1.165) is 11.1 Å². The smallest absolute Gasteiger partial charge is 0.0916 e. The average molecular weight is 394 g/mol. The Morgan fingerprint density at radius 2 is 1.31 bits per heavy atom. The normalized spacial score (nSPS) is 15.1. The van der Waals surface area contributed by atoms with Crippen LogP contribution in [0.15, 0.2) is 97.1 Å². The van der Waals surface area contributed by atoms with Crippen LogP contribution in [0.3, 0.4) is 0 Å². The second kappa shape index (κ2) is 12.1. The minimum Gasteiger partial charge on any atom is -0.387 e. The van der Waals surface area contributed by atoms with Gasteiger partial charge in [0.2, 0.25) is 0 Å². The molecule has 0 bridgehead atoms. The molecular weight excluding hydrogens is 362 g/mol. The molecular formula is C25H31NO3. The van der Waals surface area contributed by atoms with E-state index in [0.29, 0.717) is 5.57 Å². The van der Waals surface area contributed by atoms with Gasteiger partial charge in [0.1, 0.15) is 0 Å². The monoisotopic (exact) mass is 393 g/mol. The fourth-order valence-corrected chi connectivity index (χ4v) is 3.04. The molecule has 0 fully saturated rings. The first kappa shape index (κ1) is 22.8. The van der Waals surface area contributed by atoms with Crippen LogP contribution in [-0.4, -0.2) is 46.0 Å². The second-order valence-corrected chi connectivity index (χ2v) is 7.05. The maximum atomic E-state index is 10.6. The lowest BCUT2D eigenvalue weighted by Gasteiger charge is -2.29. The first-order valence-corrected chi connectivity index (χ1v) is 9.85. The van der Waals surface area contributed by atoms with Gasteiger partial charge in [0.25, 0.3) is 0 Å². The van der Waals surface area contributed by atoms with Crippen molar-refractivity contribution in [1.82, 2.24) is 4.90 Å². The van der Waals surface area contributed by atoms with Gasteiger partial charge in [-0.2, -0.15) is 0 Å². The zero-order chi connectivity index (χ0) is 21.1. The molecule has 3 atom stereocenters. The molecule has 4 nitrogen and oxygen atoms in total. The molecule has 2 aromatic rings. The molecule has 0 aliphatic carbocycles. The van der Waals surface area contributed by atoms with Crippen LogP contribution in [0.4, 0.5) is 0 Å². The molecule has 29 heavy (non-hydrogen) atoms. The van der Waals surface area contributed by atoms with Crippen molar-refractivity contribution >= 4 is 0 Å². The lowest BCUT2D eigenvalue weighted by Crippen LogP contribution is -2.38. The van der Waals surface area contributed by atoms with E-state index in [2.05, 4.69) is 6.58 Å². The van der Waals surface area contributed by atoms with Crippen molar-refractivity contribution in [3.05, 3.63) is 108 Å². The average Bonchev–Trinajstić information content (AvgIpc) is 2.74. The third kappa shape index (κ3) is 7.80. The molecule has 0 aliphatic heterocycles. The van der Waals surface area contributed by atoms with Gasteiger partial charge in [0.15, 0.2) is 0 Å². The molecule has 0 unspecified atom stereocenters. The van der Waals surface area contributed by atoms with E-state index in [-0.39, 0.29) is 19.6 Å². The lowest BCUT2D eigenvalue weighted by molar-refractivity contribution is 0.0462. The van der Waals surface area contributed by atoms with E-state index in [1.165, 1.54) is 0 Å². The summed E-state index contributed by atoms with van der Waals surface area (Å²) in [7, 11) is 0. The van der Waals surface area contributed by atoms with Crippen molar-refractivity contribution in [2.45, 2.75) is 25.2 Å². The zero-order valence-corrected chi connectivity index (χ0v) is 16.9. The third-order valence-electron chi connectivity index (χ3n) is 4.70. The molecule has 154 valence electrons. The highest BCUT2D eigenvalue weighted by molar-refractivity contribution is 5.23. The van der Waals surface area contributed by atoms with Gasteiger partial charge in [0.05, 0.1) is 18.3 Å². The number of nitrogens with zero attached hydrogens (tertiary/aromatic N) is 1. The fraction of sp³-hybridized carbons (Fsp3) is 0.280. The van der Waals surface area contributed by atoms with Crippen LogP contribution >= 0.6 is 0 Å². The zero-order valence-electron chi connectivity index (χ0n) is 16.9. The molecule has 0 saturated heterocycles. The van der Waals surface area contributed by atoms with E-state index in [1.807, 2.05) is 90.7 Å². The van der Waals surface area contributed by atoms with Crippen LogP contribution in [-0.2, 0) is 0 Å². The molecule has 0 saturated carbocycles. The molecule has 4 heteroatoms. The van der Waals surface area contributed by atoms with Crippen molar-refractivity contribution in [2.24, 2.45) is 0 Å². The lowest BCUT2D eigenvalue weighted by atomic mass is 10.1. The minimum atomic E-state index is -0.803. The Morgan fingerprint density at radius 3 is 1.76 bits per heavy atom. The predicted molar refractivity (Wildman–Crippen MR) is 118 cm³/mol. The number of hydrogen-bond acceptors (Lipinski definition) is 4. The number of rotatable bonds is 11. The van der Waals surface area contributed by atoms with E-state index < -0.39 is 18.3 Å². The molecule has 0 amide bonds. The first-order chi connectivity index (χ1) is 14.0. The predicted octanol–water partition coefficient (Wildman–Crippen LogP) is 3.81. The molecule has 2 rings (SSSR count). The molecule has 0 radical (unpaired) electrons. The highest BCUT2D eigenvalue weighted by atomic mass is 16.3. The number of allylic oxidation sites excluding steroid dienone is 3. The Labute approximate surface area is 173 Å². The second-order valence-electron chi connectivity index (χ2n) is 7.05. The van der Waals surface area contributed by atoms with Crippen molar-refractivity contribution in [2.75, 3.05) is 19.6 Å². The summed E-state index contributed by atoms with van der Waals surface area (Å²) in [5.74, 6) is 0. The van der Waals surface area contributed by atoms with Gasteiger partial charge in [-0.25, -0.2) is 0 Å². The highest BCUT2D eigenvalue weighted by Gasteiger charge is 2.21. The van der Waals surface area contributed by atoms with E-state index in [1.54, 1.807) is 6.08 Å². The number of hydrogen-bond donors (Lipinski definition) is 3. The van der Waals surface area contributed by atoms with E-state index in [4.69, 9.17) is 0 Å². The van der Waals surface area contributed by atoms with Gasteiger partial charge in [-0.15, -0.1) is 0 Å². The summed E-state index contributed by atoms with van der Waals surface area (Å²) in [4.78, 5) is 1.87. The summed E-state index contributed by atoms with van der Waals surface area (Å²) in [6, 6.07) is 18.8. The molecule has 0 aromatic heterocycles. The third-order valence-corrected chi connectivity index (χ3v) is 4.70. The molecule has 2 aromatic carbocycles. The summed E-state index contributed by atoms with van der Waals surface area (Å²) in [6.07, 6.45) is 5.11.